The molecule has 0 aliphatic rings. The van der Waals surface area contributed by atoms with E-state index in [-0.39, 0.29) is 40.4 Å². The Labute approximate surface area is 256 Å². The standard InChI is InChI=1S/C29H32Cl3N3O5S/c1-4-14-33-29(37)26(16-20-8-6-5-7-9-20)34(18-21-10-12-23(31)24(32)15-21)28(36)19-35(41(3,38)39)25-17-22(30)11-13-27(25)40-2/h5-13,15,17,26H,4,14,16,18-19H2,1-3H3,(H,33,37)/t26-/m0/s1. The van der Waals surface area contributed by atoms with Crippen LogP contribution in [0.1, 0.15) is 24.5 Å². The number of rotatable bonds is 13. The van der Waals surface area contributed by atoms with E-state index in [1.807, 2.05) is 37.3 Å². The maximum Gasteiger partial charge on any atom is 0.244 e. The number of ether oxygens (including phenoxy) is 1. The molecule has 0 saturated carbocycles. The summed E-state index contributed by atoms with van der Waals surface area (Å²) in [4.78, 5) is 29.0. The van der Waals surface area contributed by atoms with Crippen LogP contribution in [0.25, 0.3) is 0 Å². The SMILES string of the molecule is CCCNC(=O)[C@H](Cc1ccccc1)N(Cc1ccc(Cl)c(Cl)c1)C(=O)CN(c1cc(Cl)ccc1OC)S(C)(=O)=O. The summed E-state index contributed by atoms with van der Waals surface area (Å²) in [5.74, 6) is -0.767. The van der Waals surface area contributed by atoms with Gasteiger partial charge in [-0.3, -0.25) is 13.9 Å². The van der Waals surface area contributed by atoms with Crippen molar-refractivity contribution in [3.8, 4) is 5.75 Å². The van der Waals surface area contributed by atoms with Crippen molar-refractivity contribution in [1.82, 2.24) is 10.2 Å². The molecule has 12 heteroatoms. The molecule has 1 atom stereocenters. The fraction of sp³-hybridized carbons (Fsp3) is 0.310. The van der Waals surface area contributed by atoms with Gasteiger partial charge >= 0.3 is 0 Å². The van der Waals surface area contributed by atoms with E-state index in [1.54, 1.807) is 24.3 Å². The minimum atomic E-state index is -3.99. The van der Waals surface area contributed by atoms with Crippen LogP contribution in [0.15, 0.2) is 66.7 Å². The number of hydrogen-bond acceptors (Lipinski definition) is 5. The number of anilines is 1. The predicted octanol–water partition coefficient (Wildman–Crippen LogP) is 5.59. The van der Waals surface area contributed by atoms with Gasteiger partial charge in [0.05, 0.1) is 29.1 Å². The first-order valence-corrected chi connectivity index (χ1v) is 15.8. The van der Waals surface area contributed by atoms with Gasteiger partial charge in [0, 0.05) is 24.5 Å². The summed E-state index contributed by atoms with van der Waals surface area (Å²) in [6, 6.07) is 17.7. The summed E-state index contributed by atoms with van der Waals surface area (Å²) in [6.45, 7) is 1.70. The topological polar surface area (TPSA) is 96.0 Å². The highest BCUT2D eigenvalue weighted by Gasteiger charge is 2.33. The number of methoxy groups -OCH3 is 1. The Morgan fingerprint density at radius 2 is 1.66 bits per heavy atom. The third kappa shape index (κ3) is 9.00. The van der Waals surface area contributed by atoms with Crippen LogP contribution in [0.2, 0.25) is 15.1 Å². The molecule has 0 radical (unpaired) electrons. The van der Waals surface area contributed by atoms with Crippen molar-refractivity contribution in [3.05, 3.63) is 92.9 Å². The minimum Gasteiger partial charge on any atom is -0.495 e. The van der Waals surface area contributed by atoms with Crippen LogP contribution in [-0.2, 0) is 32.6 Å². The lowest BCUT2D eigenvalue weighted by molar-refractivity contribution is -0.140. The van der Waals surface area contributed by atoms with Crippen LogP contribution < -0.4 is 14.4 Å². The van der Waals surface area contributed by atoms with Crippen LogP contribution in [0.3, 0.4) is 0 Å². The number of hydrogen-bond donors (Lipinski definition) is 1. The first kappa shape index (κ1) is 32.5. The third-order valence-electron chi connectivity index (χ3n) is 6.25. The van der Waals surface area contributed by atoms with Crippen molar-refractivity contribution in [2.24, 2.45) is 0 Å². The van der Waals surface area contributed by atoms with Gasteiger partial charge in [-0.05, 0) is 47.9 Å². The molecule has 0 saturated heterocycles. The Balaban J connectivity index is 2.10. The van der Waals surface area contributed by atoms with E-state index in [1.165, 1.54) is 24.1 Å². The normalized spacial score (nSPS) is 12.0. The molecule has 2 amide bonds. The fourth-order valence-corrected chi connectivity index (χ4v) is 5.54. The Morgan fingerprint density at radius 3 is 2.27 bits per heavy atom. The van der Waals surface area contributed by atoms with Gasteiger partial charge in [0.1, 0.15) is 18.3 Å². The Kier molecular flexibility index (Phi) is 11.7. The number of halogens is 3. The highest BCUT2D eigenvalue weighted by atomic mass is 35.5. The van der Waals surface area contributed by atoms with Crippen molar-refractivity contribution in [2.75, 3.05) is 30.8 Å². The van der Waals surface area contributed by atoms with Gasteiger partial charge in [0.15, 0.2) is 0 Å². The molecule has 0 aliphatic carbocycles. The minimum absolute atomic E-state index is 0.0307. The Hall–Kier alpha value is -2.98. The summed E-state index contributed by atoms with van der Waals surface area (Å²) in [7, 11) is -2.60. The molecule has 0 fully saturated rings. The van der Waals surface area contributed by atoms with Crippen LogP contribution in [-0.4, -0.2) is 57.6 Å². The van der Waals surface area contributed by atoms with Gasteiger partial charge in [0.25, 0.3) is 0 Å². The fourth-order valence-electron chi connectivity index (χ4n) is 4.21. The molecule has 1 N–H and O–H groups in total. The molecular weight excluding hydrogens is 609 g/mol. The van der Waals surface area contributed by atoms with E-state index in [2.05, 4.69) is 5.32 Å². The molecule has 8 nitrogen and oxygen atoms in total. The summed E-state index contributed by atoms with van der Waals surface area (Å²) < 4.78 is 32.3. The van der Waals surface area contributed by atoms with Gasteiger partial charge in [-0.2, -0.15) is 0 Å². The van der Waals surface area contributed by atoms with E-state index in [4.69, 9.17) is 39.5 Å². The highest BCUT2D eigenvalue weighted by molar-refractivity contribution is 7.92. The maximum atomic E-state index is 14.1. The number of carbonyl (C=O) groups is 2. The molecule has 0 heterocycles. The van der Waals surface area contributed by atoms with Crippen molar-refractivity contribution >= 4 is 62.3 Å². The summed E-state index contributed by atoms with van der Waals surface area (Å²) >= 11 is 18.6. The number of benzene rings is 3. The van der Waals surface area contributed by atoms with Crippen LogP contribution in [0.5, 0.6) is 5.75 Å². The summed E-state index contributed by atoms with van der Waals surface area (Å²) in [6.07, 6.45) is 1.88. The van der Waals surface area contributed by atoms with E-state index in [0.717, 1.165) is 16.1 Å². The number of sulfonamides is 1. The molecule has 220 valence electrons. The van der Waals surface area contributed by atoms with Gasteiger partial charge in [0.2, 0.25) is 21.8 Å². The second-order valence-corrected chi connectivity index (χ2v) is 12.5. The van der Waals surface area contributed by atoms with Gasteiger partial charge in [-0.15, -0.1) is 0 Å². The number of carbonyl (C=O) groups excluding carboxylic acids is 2. The summed E-state index contributed by atoms with van der Waals surface area (Å²) in [5.41, 5.74) is 1.54. The van der Waals surface area contributed by atoms with Crippen LogP contribution in [0.4, 0.5) is 5.69 Å². The van der Waals surface area contributed by atoms with Crippen LogP contribution in [0, 0.1) is 0 Å². The maximum absolute atomic E-state index is 14.1. The number of amides is 2. The smallest absolute Gasteiger partial charge is 0.244 e. The second kappa shape index (κ2) is 14.8. The van der Waals surface area contributed by atoms with Crippen LogP contribution >= 0.6 is 34.8 Å². The van der Waals surface area contributed by atoms with Gasteiger partial charge in [-0.1, -0.05) is 78.1 Å². The molecule has 0 unspecified atom stereocenters. The van der Waals surface area contributed by atoms with Crippen molar-refractivity contribution < 1.29 is 22.7 Å². The molecule has 0 aliphatic heterocycles. The average Bonchev–Trinajstić information content (AvgIpc) is 2.94. The molecule has 3 aromatic carbocycles. The van der Waals surface area contributed by atoms with E-state index < -0.39 is 28.5 Å². The average molecular weight is 641 g/mol. The molecular formula is C29H32Cl3N3O5S. The predicted molar refractivity (Wildman–Crippen MR) is 164 cm³/mol. The monoisotopic (exact) mass is 639 g/mol. The molecule has 3 aromatic rings. The quantitative estimate of drug-likeness (QED) is 0.263. The molecule has 0 spiro atoms. The molecule has 3 rings (SSSR count). The van der Waals surface area contributed by atoms with Crippen molar-refractivity contribution in [3.63, 3.8) is 0 Å². The Morgan fingerprint density at radius 1 is 0.951 bits per heavy atom. The van der Waals surface area contributed by atoms with E-state index in [0.29, 0.717) is 23.6 Å². The lowest BCUT2D eigenvalue weighted by Crippen LogP contribution is -2.53. The molecule has 0 aromatic heterocycles. The largest absolute Gasteiger partial charge is 0.495 e. The van der Waals surface area contributed by atoms with E-state index in [9.17, 15) is 18.0 Å². The van der Waals surface area contributed by atoms with Crippen molar-refractivity contribution in [1.29, 1.82) is 0 Å². The van der Waals surface area contributed by atoms with E-state index >= 15 is 0 Å². The zero-order valence-electron chi connectivity index (χ0n) is 22.9. The lowest BCUT2D eigenvalue weighted by atomic mass is 10.0. The van der Waals surface area contributed by atoms with Crippen molar-refractivity contribution in [2.45, 2.75) is 32.4 Å². The number of nitrogens with zero attached hydrogens (tertiary/aromatic N) is 2. The Bertz CT molecular complexity index is 1470. The van der Waals surface area contributed by atoms with Gasteiger partial charge < -0.3 is 15.0 Å². The zero-order chi connectivity index (χ0) is 30.2. The van der Waals surface area contributed by atoms with Gasteiger partial charge in [-0.25, -0.2) is 8.42 Å². The number of nitrogens with one attached hydrogen (secondary N) is 1. The molecule has 41 heavy (non-hydrogen) atoms. The zero-order valence-corrected chi connectivity index (χ0v) is 26.0. The highest BCUT2D eigenvalue weighted by Crippen LogP contribution is 2.33. The molecule has 0 bridgehead atoms. The first-order valence-electron chi connectivity index (χ1n) is 12.8. The second-order valence-electron chi connectivity index (χ2n) is 9.35. The first-order chi connectivity index (χ1) is 19.4. The third-order valence-corrected chi connectivity index (χ3v) is 8.35. The summed E-state index contributed by atoms with van der Waals surface area (Å²) in [5, 5.41) is 3.77. The lowest BCUT2D eigenvalue weighted by Gasteiger charge is -2.33.